The van der Waals surface area contributed by atoms with E-state index in [4.69, 9.17) is 5.11 Å². The Hall–Kier alpha value is -0.960. The van der Waals surface area contributed by atoms with Gasteiger partial charge in [-0.2, -0.15) is 0 Å². The van der Waals surface area contributed by atoms with Crippen molar-refractivity contribution in [2.75, 3.05) is 0 Å². The molecular formula is C7H9O3. The molecule has 0 bridgehead atoms. The summed E-state index contributed by atoms with van der Waals surface area (Å²) in [6.45, 7) is 7.64. The number of rotatable bonds is 3. The molecule has 10 heavy (non-hydrogen) atoms. The lowest BCUT2D eigenvalue weighted by atomic mass is 10.1. The van der Waals surface area contributed by atoms with Gasteiger partial charge in [0.05, 0.1) is 0 Å². The van der Waals surface area contributed by atoms with Crippen LogP contribution < -0.4 is 0 Å². The van der Waals surface area contributed by atoms with Crippen molar-refractivity contribution < 1.29 is 14.7 Å². The van der Waals surface area contributed by atoms with Gasteiger partial charge in [-0.1, -0.05) is 6.58 Å². The number of aliphatic hydroxyl groups is 1. The standard InChI is InChI=1S/C7H9O3/c1-4(2)6(9)7(10)5(3)8/h5,8H,1,3H2,2H3. The number of carbonyl (C=O) groups excluding carboxylic acids is 2. The van der Waals surface area contributed by atoms with E-state index in [9.17, 15) is 9.59 Å². The highest BCUT2D eigenvalue weighted by Gasteiger charge is 2.18. The van der Waals surface area contributed by atoms with Crippen molar-refractivity contribution in [3.8, 4) is 0 Å². The first-order valence-electron chi connectivity index (χ1n) is 2.72. The summed E-state index contributed by atoms with van der Waals surface area (Å²) in [6, 6.07) is 0. The van der Waals surface area contributed by atoms with E-state index >= 15 is 0 Å². The Morgan fingerprint density at radius 2 is 1.90 bits per heavy atom. The quantitative estimate of drug-likeness (QED) is 0.441. The first-order valence-corrected chi connectivity index (χ1v) is 2.72. The fraction of sp³-hybridized carbons (Fsp3) is 0.286. The van der Waals surface area contributed by atoms with Crippen LogP contribution in [-0.4, -0.2) is 22.8 Å². The molecule has 0 heterocycles. The topological polar surface area (TPSA) is 54.4 Å². The van der Waals surface area contributed by atoms with Crippen molar-refractivity contribution >= 4 is 11.6 Å². The maximum Gasteiger partial charge on any atom is 0.231 e. The number of hydrogen-bond acceptors (Lipinski definition) is 3. The van der Waals surface area contributed by atoms with Gasteiger partial charge >= 0.3 is 0 Å². The average Bonchev–Trinajstić information content (AvgIpc) is 1.84. The van der Waals surface area contributed by atoms with Gasteiger partial charge in [0.2, 0.25) is 11.6 Å². The van der Waals surface area contributed by atoms with Crippen LogP contribution >= 0.6 is 0 Å². The number of hydrogen-bond donors (Lipinski definition) is 1. The van der Waals surface area contributed by atoms with E-state index in [2.05, 4.69) is 13.5 Å². The smallest absolute Gasteiger partial charge is 0.231 e. The van der Waals surface area contributed by atoms with E-state index in [0.717, 1.165) is 0 Å². The zero-order valence-corrected chi connectivity index (χ0v) is 5.76. The zero-order chi connectivity index (χ0) is 8.31. The fourth-order valence-corrected chi connectivity index (χ4v) is 0.362. The normalized spacial score (nSPS) is 12.3. The minimum Gasteiger partial charge on any atom is -0.385 e. The second-order valence-corrected chi connectivity index (χ2v) is 1.99. The Morgan fingerprint density at radius 3 is 2.00 bits per heavy atom. The summed E-state index contributed by atoms with van der Waals surface area (Å²) < 4.78 is 0. The van der Waals surface area contributed by atoms with Gasteiger partial charge in [0, 0.05) is 0 Å². The van der Waals surface area contributed by atoms with E-state index in [1.807, 2.05) is 0 Å². The second kappa shape index (κ2) is 3.27. The second-order valence-electron chi connectivity index (χ2n) is 1.99. The lowest BCUT2D eigenvalue weighted by Crippen LogP contribution is -2.26. The summed E-state index contributed by atoms with van der Waals surface area (Å²) in [4.78, 5) is 21.2. The maximum absolute atomic E-state index is 10.6. The zero-order valence-electron chi connectivity index (χ0n) is 5.76. The van der Waals surface area contributed by atoms with Gasteiger partial charge in [0.25, 0.3) is 0 Å². The van der Waals surface area contributed by atoms with Crippen molar-refractivity contribution in [2.24, 2.45) is 0 Å². The molecule has 0 aromatic heterocycles. The van der Waals surface area contributed by atoms with E-state index in [-0.39, 0.29) is 5.57 Å². The van der Waals surface area contributed by atoms with Crippen LogP contribution in [0.2, 0.25) is 0 Å². The molecule has 0 aliphatic rings. The summed E-state index contributed by atoms with van der Waals surface area (Å²) in [5, 5.41) is 8.52. The van der Waals surface area contributed by atoms with E-state index in [1.54, 1.807) is 0 Å². The van der Waals surface area contributed by atoms with Crippen molar-refractivity contribution in [2.45, 2.75) is 13.0 Å². The molecule has 0 aromatic carbocycles. The Labute approximate surface area is 59.4 Å². The Bertz CT molecular complexity index is 179. The van der Waals surface area contributed by atoms with E-state index in [0.29, 0.717) is 0 Å². The van der Waals surface area contributed by atoms with Gasteiger partial charge < -0.3 is 5.11 Å². The molecule has 0 spiro atoms. The van der Waals surface area contributed by atoms with Gasteiger partial charge in [-0.3, -0.25) is 9.59 Å². The van der Waals surface area contributed by atoms with Crippen LogP contribution in [-0.2, 0) is 9.59 Å². The largest absolute Gasteiger partial charge is 0.385 e. The van der Waals surface area contributed by atoms with Crippen LogP contribution in [0.5, 0.6) is 0 Å². The van der Waals surface area contributed by atoms with Crippen LogP contribution in [0.3, 0.4) is 0 Å². The van der Waals surface area contributed by atoms with E-state index in [1.165, 1.54) is 6.92 Å². The highest BCUT2D eigenvalue weighted by Crippen LogP contribution is 1.94. The van der Waals surface area contributed by atoms with Crippen LogP contribution in [0, 0.1) is 6.92 Å². The van der Waals surface area contributed by atoms with Gasteiger partial charge in [-0.15, -0.1) is 0 Å². The number of carbonyl (C=O) groups is 2. The monoisotopic (exact) mass is 141 g/mol. The molecule has 0 aliphatic heterocycles. The van der Waals surface area contributed by atoms with Crippen molar-refractivity contribution in [3.05, 3.63) is 19.1 Å². The summed E-state index contributed by atoms with van der Waals surface area (Å²) in [5.74, 6) is -1.67. The predicted molar refractivity (Wildman–Crippen MR) is 36.2 cm³/mol. The maximum atomic E-state index is 10.6. The Kier molecular flexibility index (Phi) is 2.96. The number of Topliss-reactive ketones (excluding diaryl/α,β-unsaturated/α-hetero) is 2. The Balaban J connectivity index is 4.24. The van der Waals surface area contributed by atoms with Crippen molar-refractivity contribution in [1.29, 1.82) is 0 Å². The first-order chi connectivity index (χ1) is 4.46. The molecule has 0 aromatic rings. The number of aliphatic hydroxyl groups excluding tert-OH is 1. The molecule has 1 N–H and O–H groups in total. The number of allylic oxidation sites excluding steroid dienone is 1. The summed E-state index contributed by atoms with van der Waals surface area (Å²) >= 11 is 0. The third-order valence-corrected chi connectivity index (χ3v) is 0.914. The van der Waals surface area contributed by atoms with Crippen molar-refractivity contribution in [1.82, 2.24) is 0 Å². The lowest BCUT2D eigenvalue weighted by molar-refractivity contribution is -0.138. The molecule has 3 nitrogen and oxygen atoms in total. The third kappa shape index (κ3) is 2.11. The lowest BCUT2D eigenvalue weighted by Gasteiger charge is -1.99. The molecule has 0 amide bonds. The fourth-order valence-electron chi connectivity index (χ4n) is 0.362. The molecular weight excluding hydrogens is 132 g/mol. The molecule has 3 heteroatoms. The minimum atomic E-state index is -1.47. The molecule has 1 unspecified atom stereocenters. The molecule has 1 radical (unpaired) electrons. The van der Waals surface area contributed by atoms with Gasteiger partial charge in [-0.25, -0.2) is 0 Å². The molecule has 0 saturated heterocycles. The summed E-state index contributed by atoms with van der Waals surface area (Å²) in [5.41, 5.74) is 0.118. The average molecular weight is 141 g/mol. The highest BCUT2D eigenvalue weighted by molar-refractivity contribution is 6.44. The molecule has 55 valence electrons. The summed E-state index contributed by atoms with van der Waals surface area (Å²) in [7, 11) is 0. The molecule has 1 atom stereocenters. The van der Waals surface area contributed by atoms with Crippen molar-refractivity contribution in [3.63, 3.8) is 0 Å². The summed E-state index contributed by atoms with van der Waals surface area (Å²) in [6.07, 6.45) is -1.47. The molecule has 0 saturated carbocycles. The van der Waals surface area contributed by atoms with Crippen LogP contribution in [0.4, 0.5) is 0 Å². The van der Waals surface area contributed by atoms with Crippen LogP contribution in [0.1, 0.15) is 6.92 Å². The van der Waals surface area contributed by atoms with Crippen LogP contribution in [0.15, 0.2) is 12.2 Å². The van der Waals surface area contributed by atoms with E-state index < -0.39 is 17.7 Å². The van der Waals surface area contributed by atoms with Gasteiger partial charge in [-0.05, 0) is 19.4 Å². The van der Waals surface area contributed by atoms with Gasteiger partial charge in [0.1, 0.15) is 6.10 Å². The first kappa shape index (κ1) is 9.04. The number of ketones is 2. The Morgan fingerprint density at radius 1 is 1.50 bits per heavy atom. The SMILES string of the molecule is [CH2]C(O)C(=O)C(=O)C(=C)C. The molecule has 0 rings (SSSR count). The van der Waals surface area contributed by atoms with Gasteiger partial charge in [0.15, 0.2) is 0 Å². The molecule has 0 aliphatic carbocycles. The van der Waals surface area contributed by atoms with Crippen LogP contribution in [0.25, 0.3) is 0 Å². The third-order valence-electron chi connectivity index (χ3n) is 0.914. The minimum absolute atomic E-state index is 0.118. The molecule has 0 fully saturated rings. The predicted octanol–water partition coefficient (Wildman–Crippen LogP) is -0.104. The highest BCUT2D eigenvalue weighted by atomic mass is 16.3.